The van der Waals surface area contributed by atoms with E-state index < -0.39 is 0 Å². The fourth-order valence-corrected chi connectivity index (χ4v) is 3.35. The van der Waals surface area contributed by atoms with Crippen LogP contribution in [0.3, 0.4) is 0 Å². The van der Waals surface area contributed by atoms with Gasteiger partial charge >= 0.3 is 0 Å². The van der Waals surface area contributed by atoms with Crippen LogP contribution in [0.1, 0.15) is 22.3 Å². The number of aryl methyl sites for hydroxylation is 1. The number of nitrogens with zero attached hydrogens (tertiary/aromatic N) is 5. The summed E-state index contributed by atoms with van der Waals surface area (Å²) in [4.78, 5) is 23.6. The highest BCUT2D eigenvalue weighted by atomic mass is 16.3. The first-order chi connectivity index (χ1) is 13.6. The quantitative estimate of drug-likeness (QED) is 0.696. The lowest BCUT2D eigenvalue weighted by atomic mass is 10.1. The summed E-state index contributed by atoms with van der Waals surface area (Å²) < 4.78 is 1.74. The van der Waals surface area contributed by atoms with Gasteiger partial charge in [0.1, 0.15) is 0 Å². The highest BCUT2D eigenvalue weighted by molar-refractivity contribution is 5.94. The average Bonchev–Trinajstić information content (AvgIpc) is 3.37. The zero-order valence-corrected chi connectivity index (χ0v) is 15.6. The number of aromatic nitrogens is 4. The molecule has 4 rings (SSSR count). The van der Waals surface area contributed by atoms with E-state index in [-0.39, 0.29) is 18.6 Å². The van der Waals surface area contributed by atoms with E-state index >= 15 is 0 Å². The Morgan fingerprint density at radius 2 is 2.25 bits per heavy atom. The molecule has 1 saturated heterocycles. The molecule has 1 amide bonds. The number of carbonyl (C=O) groups excluding carboxylic acids is 1. The van der Waals surface area contributed by atoms with Crippen LogP contribution < -0.4 is 10.2 Å². The topological polar surface area (TPSA) is 96.2 Å². The number of benzene rings is 1. The van der Waals surface area contributed by atoms with Crippen LogP contribution in [0.25, 0.3) is 11.3 Å². The van der Waals surface area contributed by atoms with Crippen LogP contribution in [0, 0.1) is 0 Å². The van der Waals surface area contributed by atoms with Gasteiger partial charge < -0.3 is 15.3 Å². The van der Waals surface area contributed by atoms with Crippen molar-refractivity contribution in [3.8, 4) is 11.3 Å². The lowest BCUT2D eigenvalue weighted by molar-refractivity contribution is 0.0940. The molecule has 0 aliphatic carbocycles. The Kier molecular flexibility index (Phi) is 5.03. The lowest BCUT2D eigenvalue weighted by Crippen LogP contribution is -2.37. The molecule has 8 nitrogen and oxygen atoms in total. The van der Waals surface area contributed by atoms with Crippen molar-refractivity contribution in [2.75, 3.05) is 18.0 Å². The Hall–Kier alpha value is -3.26. The third kappa shape index (κ3) is 3.86. The van der Waals surface area contributed by atoms with E-state index in [1.54, 1.807) is 41.3 Å². The standard InChI is InChI=1S/C20H22N6O2/c1-25-11-16(10-22-25)18-5-7-21-20(24-18)26-8-6-17(12-26)23-19(28)15-4-2-3-14(9-15)13-27/h2-5,7,9-11,17,27H,6,8,12-13H2,1H3,(H,23,28). The molecule has 1 aromatic carbocycles. The molecule has 0 radical (unpaired) electrons. The van der Waals surface area contributed by atoms with Crippen molar-refractivity contribution in [3.63, 3.8) is 0 Å². The molecule has 1 atom stereocenters. The molecule has 144 valence electrons. The molecule has 1 aliphatic heterocycles. The van der Waals surface area contributed by atoms with Crippen LogP contribution in [0.4, 0.5) is 5.95 Å². The third-order valence-corrected chi connectivity index (χ3v) is 4.82. The summed E-state index contributed by atoms with van der Waals surface area (Å²) >= 11 is 0. The minimum atomic E-state index is -0.132. The predicted octanol–water partition coefficient (Wildman–Crippen LogP) is 1.38. The number of rotatable bonds is 5. The Balaban J connectivity index is 1.42. The molecule has 0 bridgehead atoms. The predicted molar refractivity (Wildman–Crippen MR) is 105 cm³/mol. The van der Waals surface area contributed by atoms with E-state index in [4.69, 9.17) is 0 Å². The van der Waals surface area contributed by atoms with Gasteiger partial charge in [0, 0.05) is 49.7 Å². The highest BCUT2D eigenvalue weighted by Crippen LogP contribution is 2.21. The van der Waals surface area contributed by atoms with Gasteiger partial charge in [0.05, 0.1) is 18.5 Å². The molecule has 0 spiro atoms. The van der Waals surface area contributed by atoms with Gasteiger partial charge in [-0.3, -0.25) is 9.48 Å². The minimum absolute atomic E-state index is 0.0240. The molecular weight excluding hydrogens is 356 g/mol. The minimum Gasteiger partial charge on any atom is -0.392 e. The lowest BCUT2D eigenvalue weighted by Gasteiger charge is -2.17. The maximum atomic E-state index is 12.5. The SMILES string of the molecule is Cn1cc(-c2ccnc(N3CCC(NC(=O)c4cccc(CO)c4)C3)n2)cn1. The second-order valence-corrected chi connectivity index (χ2v) is 6.91. The van der Waals surface area contributed by atoms with Gasteiger partial charge in [-0.05, 0) is 30.2 Å². The van der Waals surface area contributed by atoms with Gasteiger partial charge in [-0.2, -0.15) is 5.10 Å². The first-order valence-corrected chi connectivity index (χ1v) is 9.20. The van der Waals surface area contributed by atoms with E-state index in [1.165, 1.54) is 0 Å². The summed E-state index contributed by atoms with van der Waals surface area (Å²) in [5.74, 6) is 0.521. The van der Waals surface area contributed by atoms with Crippen LogP contribution in [-0.2, 0) is 13.7 Å². The summed E-state index contributed by atoms with van der Waals surface area (Å²) in [6.07, 6.45) is 6.27. The monoisotopic (exact) mass is 378 g/mol. The van der Waals surface area contributed by atoms with Gasteiger partial charge in [-0.1, -0.05) is 12.1 Å². The molecule has 3 heterocycles. The first kappa shape index (κ1) is 18.1. The summed E-state index contributed by atoms with van der Waals surface area (Å²) in [5.41, 5.74) is 3.05. The zero-order valence-electron chi connectivity index (χ0n) is 15.6. The smallest absolute Gasteiger partial charge is 0.251 e. The largest absolute Gasteiger partial charge is 0.392 e. The third-order valence-electron chi connectivity index (χ3n) is 4.82. The van der Waals surface area contributed by atoms with Crippen molar-refractivity contribution in [3.05, 3.63) is 60.0 Å². The van der Waals surface area contributed by atoms with E-state index in [0.29, 0.717) is 18.1 Å². The molecule has 1 unspecified atom stereocenters. The number of hydrogen-bond donors (Lipinski definition) is 2. The second-order valence-electron chi connectivity index (χ2n) is 6.91. The van der Waals surface area contributed by atoms with Crippen molar-refractivity contribution in [2.24, 2.45) is 7.05 Å². The number of aliphatic hydroxyl groups is 1. The van der Waals surface area contributed by atoms with Gasteiger partial charge in [-0.25, -0.2) is 9.97 Å². The van der Waals surface area contributed by atoms with Crippen LogP contribution in [0.5, 0.6) is 0 Å². The molecule has 8 heteroatoms. The molecule has 1 fully saturated rings. The van der Waals surface area contributed by atoms with E-state index in [9.17, 15) is 9.90 Å². The molecule has 0 saturated carbocycles. The Morgan fingerprint density at radius 1 is 1.36 bits per heavy atom. The summed E-state index contributed by atoms with van der Waals surface area (Å²) in [7, 11) is 1.87. The van der Waals surface area contributed by atoms with Crippen LogP contribution in [-0.4, -0.2) is 49.9 Å². The van der Waals surface area contributed by atoms with Crippen molar-refractivity contribution in [1.29, 1.82) is 0 Å². The van der Waals surface area contributed by atoms with Gasteiger partial charge in [0.25, 0.3) is 5.91 Å². The number of nitrogens with one attached hydrogen (secondary N) is 1. The molecular formula is C20H22N6O2. The summed E-state index contributed by atoms with van der Waals surface area (Å²) in [6.45, 7) is 1.35. The number of aliphatic hydroxyl groups excluding tert-OH is 1. The number of hydrogen-bond acceptors (Lipinski definition) is 6. The van der Waals surface area contributed by atoms with E-state index in [1.807, 2.05) is 19.3 Å². The highest BCUT2D eigenvalue weighted by Gasteiger charge is 2.26. The van der Waals surface area contributed by atoms with Crippen molar-refractivity contribution in [2.45, 2.75) is 19.1 Å². The zero-order chi connectivity index (χ0) is 19.5. The van der Waals surface area contributed by atoms with Crippen LogP contribution >= 0.6 is 0 Å². The number of amides is 1. The fraction of sp³-hybridized carbons (Fsp3) is 0.300. The van der Waals surface area contributed by atoms with Gasteiger partial charge in [0.15, 0.2) is 0 Å². The molecule has 2 aromatic heterocycles. The summed E-state index contributed by atoms with van der Waals surface area (Å²) in [5, 5.41) is 16.5. The Morgan fingerprint density at radius 3 is 3.04 bits per heavy atom. The van der Waals surface area contributed by atoms with Crippen molar-refractivity contribution >= 4 is 11.9 Å². The Labute approximate surface area is 162 Å². The van der Waals surface area contributed by atoms with Crippen LogP contribution in [0.2, 0.25) is 0 Å². The van der Waals surface area contributed by atoms with Gasteiger partial charge in [-0.15, -0.1) is 0 Å². The molecule has 28 heavy (non-hydrogen) atoms. The van der Waals surface area contributed by atoms with Gasteiger partial charge in [0.2, 0.25) is 5.95 Å². The molecule has 3 aromatic rings. The molecule has 2 N–H and O–H groups in total. The van der Waals surface area contributed by atoms with Crippen molar-refractivity contribution in [1.82, 2.24) is 25.1 Å². The normalized spacial score (nSPS) is 16.4. The molecule has 1 aliphatic rings. The average molecular weight is 378 g/mol. The summed E-state index contributed by atoms with van der Waals surface area (Å²) in [6, 6.07) is 8.92. The number of carbonyl (C=O) groups is 1. The fourth-order valence-electron chi connectivity index (χ4n) is 3.35. The Bertz CT molecular complexity index is 986. The van der Waals surface area contributed by atoms with Crippen LogP contribution in [0.15, 0.2) is 48.9 Å². The first-order valence-electron chi connectivity index (χ1n) is 9.20. The van der Waals surface area contributed by atoms with E-state index in [2.05, 4.69) is 25.3 Å². The van der Waals surface area contributed by atoms with Crippen molar-refractivity contribution < 1.29 is 9.90 Å². The maximum Gasteiger partial charge on any atom is 0.251 e. The van der Waals surface area contributed by atoms with E-state index in [0.717, 1.165) is 29.8 Å². The number of anilines is 1. The maximum absolute atomic E-state index is 12.5. The second kappa shape index (κ2) is 7.77.